The molecule has 0 rings (SSSR count). The molecule has 0 spiro atoms. The Labute approximate surface area is 93.3 Å². The average molecular weight is 230 g/mol. The number of hydrogen-bond donors (Lipinski definition) is 1. The SMILES string of the molecule is C[C@H](C=CC(=O)O)O[Si](C)(C)C(C)(C)C. The van der Waals surface area contributed by atoms with E-state index in [1.165, 1.54) is 0 Å². The maximum absolute atomic E-state index is 10.3. The van der Waals surface area contributed by atoms with Crippen LogP contribution in [0.3, 0.4) is 0 Å². The van der Waals surface area contributed by atoms with Crippen LogP contribution in [0.2, 0.25) is 18.1 Å². The van der Waals surface area contributed by atoms with Gasteiger partial charge in [0.1, 0.15) is 0 Å². The monoisotopic (exact) mass is 230 g/mol. The van der Waals surface area contributed by atoms with Gasteiger partial charge >= 0.3 is 5.97 Å². The van der Waals surface area contributed by atoms with E-state index in [2.05, 4.69) is 33.9 Å². The summed E-state index contributed by atoms with van der Waals surface area (Å²) in [7, 11) is -1.78. The zero-order valence-corrected chi connectivity index (χ0v) is 11.5. The second-order valence-electron chi connectivity index (χ2n) is 5.28. The highest BCUT2D eigenvalue weighted by Crippen LogP contribution is 2.37. The van der Waals surface area contributed by atoms with E-state index in [0.717, 1.165) is 6.08 Å². The van der Waals surface area contributed by atoms with E-state index < -0.39 is 14.3 Å². The molecule has 0 heterocycles. The Kier molecular flexibility index (Phi) is 4.74. The van der Waals surface area contributed by atoms with Crippen molar-refractivity contribution in [3.05, 3.63) is 12.2 Å². The summed E-state index contributed by atoms with van der Waals surface area (Å²) in [6.07, 6.45) is 2.59. The second kappa shape index (κ2) is 4.94. The van der Waals surface area contributed by atoms with Gasteiger partial charge in [0.2, 0.25) is 0 Å². The molecule has 0 aromatic carbocycles. The van der Waals surface area contributed by atoms with Crippen LogP contribution < -0.4 is 0 Å². The van der Waals surface area contributed by atoms with Gasteiger partial charge in [-0.15, -0.1) is 0 Å². The number of aliphatic carboxylic acids is 1. The van der Waals surface area contributed by atoms with Crippen LogP contribution in [-0.4, -0.2) is 25.5 Å². The number of rotatable bonds is 4. The Balaban J connectivity index is 4.41. The van der Waals surface area contributed by atoms with E-state index in [-0.39, 0.29) is 11.1 Å². The molecule has 0 amide bonds. The standard InChI is InChI=1S/C11H22O3Si/c1-9(7-8-10(12)13)14-15(5,6)11(2,3)4/h7-9H,1-6H3,(H,12,13)/t9-/m1/s1. The third kappa shape index (κ3) is 5.13. The number of carbonyl (C=O) groups is 1. The first-order valence-electron chi connectivity index (χ1n) is 5.15. The summed E-state index contributed by atoms with van der Waals surface area (Å²) in [5.41, 5.74) is 0. The lowest BCUT2D eigenvalue weighted by Gasteiger charge is -2.37. The van der Waals surface area contributed by atoms with Crippen LogP contribution in [0.15, 0.2) is 12.2 Å². The molecule has 0 aromatic rings. The molecular weight excluding hydrogens is 208 g/mol. The van der Waals surface area contributed by atoms with E-state index in [1.807, 2.05) is 6.92 Å². The molecule has 0 aliphatic rings. The van der Waals surface area contributed by atoms with Gasteiger partial charge < -0.3 is 9.53 Å². The van der Waals surface area contributed by atoms with E-state index in [4.69, 9.17) is 9.53 Å². The Morgan fingerprint density at radius 2 is 1.87 bits per heavy atom. The minimum Gasteiger partial charge on any atom is -0.478 e. The summed E-state index contributed by atoms with van der Waals surface area (Å²) in [6.45, 7) is 12.7. The van der Waals surface area contributed by atoms with E-state index in [0.29, 0.717) is 0 Å². The lowest BCUT2D eigenvalue weighted by molar-refractivity contribution is -0.131. The molecule has 0 aromatic heterocycles. The van der Waals surface area contributed by atoms with Crippen LogP contribution in [0.4, 0.5) is 0 Å². The van der Waals surface area contributed by atoms with Crippen LogP contribution in [0.5, 0.6) is 0 Å². The highest BCUT2D eigenvalue weighted by Gasteiger charge is 2.37. The largest absolute Gasteiger partial charge is 0.478 e. The van der Waals surface area contributed by atoms with Gasteiger partial charge in [-0.3, -0.25) is 0 Å². The first-order chi connectivity index (χ1) is 6.56. The summed E-state index contributed by atoms with van der Waals surface area (Å²) in [5, 5.41) is 8.64. The molecular formula is C11H22O3Si. The van der Waals surface area contributed by atoms with Crippen LogP contribution in [0.1, 0.15) is 27.7 Å². The Hall–Kier alpha value is -0.613. The molecule has 0 saturated heterocycles. The quantitative estimate of drug-likeness (QED) is 0.596. The molecule has 1 atom stereocenters. The summed E-state index contributed by atoms with van der Waals surface area (Å²) in [5.74, 6) is -0.930. The first kappa shape index (κ1) is 14.4. The van der Waals surface area contributed by atoms with Crippen molar-refractivity contribution in [3.63, 3.8) is 0 Å². The fraction of sp³-hybridized carbons (Fsp3) is 0.727. The average Bonchev–Trinajstić information content (AvgIpc) is 1.97. The molecule has 3 nitrogen and oxygen atoms in total. The summed E-state index contributed by atoms with van der Waals surface area (Å²) >= 11 is 0. The van der Waals surface area contributed by atoms with E-state index in [1.54, 1.807) is 6.08 Å². The summed E-state index contributed by atoms with van der Waals surface area (Å²) in [4.78, 5) is 10.3. The van der Waals surface area contributed by atoms with Gasteiger partial charge in [0.15, 0.2) is 8.32 Å². The lowest BCUT2D eigenvalue weighted by atomic mass is 10.2. The molecule has 0 aliphatic carbocycles. The van der Waals surface area contributed by atoms with E-state index >= 15 is 0 Å². The van der Waals surface area contributed by atoms with Crippen molar-refractivity contribution in [2.24, 2.45) is 0 Å². The highest BCUT2D eigenvalue weighted by molar-refractivity contribution is 6.74. The van der Waals surface area contributed by atoms with Crippen molar-refractivity contribution in [1.29, 1.82) is 0 Å². The van der Waals surface area contributed by atoms with Crippen LogP contribution in [0.25, 0.3) is 0 Å². The molecule has 0 bridgehead atoms. The Morgan fingerprint density at radius 3 is 2.20 bits per heavy atom. The van der Waals surface area contributed by atoms with Crippen molar-refractivity contribution >= 4 is 14.3 Å². The summed E-state index contributed by atoms with van der Waals surface area (Å²) < 4.78 is 5.94. The number of hydrogen-bond acceptors (Lipinski definition) is 2. The molecule has 0 saturated carbocycles. The van der Waals surface area contributed by atoms with Crippen LogP contribution >= 0.6 is 0 Å². The predicted octanol–water partition coefficient (Wildman–Crippen LogP) is 3.04. The molecule has 0 unspecified atom stereocenters. The van der Waals surface area contributed by atoms with Crippen molar-refractivity contribution in [2.75, 3.05) is 0 Å². The highest BCUT2D eigenvalue weighted by atomic mass is 28.4. The van der Waals surface area contributed by atoms with Crippen LogP contribution in [0, 0.1) is 0 Å². The first-order valence-corrected chi connectivity index (χ1v) is 8.06. The zero-order chi connectivity index (χ0) is 12.3. The lowest BCUT2D eigenvalue weighted by Crippen LogP contribution is -2.42. The minimum atomic E-state index is -1.78. The molecule has 4 heteroatoms. The third-order valence-corrected chi connectivity index (χ3v) is 7.37. The fourth-order valence-electron chi connectivity index (χ4n) is 0.899. The smallest absolute Gasteiger partial charge is 0.328 e. The maximum Gasteiger partial charge on any atom is 0.328 e. The van der Waals surface area contributed by atoms with Crippen molar-refractivity contribution in [1.82, 2.24) is 0 Å². The van der Waals surface area contributed by atoms with Gasteiger partial charge in [0.25, 0.3) is 0 Å². The van der Waals surface area contributed by atoms with Crippen molar-refractivity contribution < 1.29 is 14.3 Å². The number of carboxylic acid groups (broad SMARTS) is 1. The maximum atomic E-state index is 10.3. The van der Waals surface area contributed by atoms with Crippen molar-refractivity contribution in [3.8, 4) is 0 Å². The van der Waals surface area contributed by atoms with Gasteiger partial charge in [0.05, 0.1) is 6.10 Å². The molecule has 0 aliphatic heterocycles. The second-order valence-corrected chi connectivity index (χ2v) is 10.0. The topological polar surface area (TPSA) is 46.5 Å². The molecule has 0 radical (unpaired) electrons. The van der Waals surface area contributed by atoms with E-state index in [9.17, 15) is 4.79 Å². The molecule has 88 valence electrons. The molecule has 0 fully saturated rings. The Morgan fingerprint density at radius 1 is 1.40 bits per heavy atom. The predicted molar refractivity (Wildman–Crippen MR) is 64.5 cm³/mol. The van der Waals surface area contributed by atoms with Crippen LogP contribution in [-0.2, 0) is 9.22 Å². The van der Waals surface area contributed by atoms with Crippen molar-refractivity contribution in [2.45, 2.75) is 51.9 Å². The van der Waals surface area contributed by atoms with Gasteiger partial charge in [-0.1, -0.05) is 26.8 Å². The number of carboxylic acids is 1. The Bertz CT molecular complexity index is 251. The van der Waals surface area contributed by atoms with Gasteiger partial charge in [-0.2, -0.15) is 0 Å². The third-order valence-electron chi connectivity index (χ3n) is 2.80. The zero-order valence-electron chi connectivity index (χ0n) is 10.5. The van der Waals surface area contributed by atoms with Gasteiger partial charge in [-0.05, 0) is 25.1 Å². The minimum absolute atomic E-state index is 0.137. The molecule has 1 N–H and O–H groups in total. The molecule has 15 heavy (non-hydrogen) atoms. The van der Waals surface area contributed by atoms with Gasteiger partial charge in [-0.25, -0.2) is 4.79 Å². The van der Waals surface area contributed by atoms with Gasteiger partial charge in [0, 0.05) is 6.08 Å². The fourth-order valence-corrected chi connectivity index (χ4v) is 2.26. The summed E-state index contributed by atoms with van der Waals surface area (Å²) in [6, 6.07) is 0. The normalized spacial score (nSPS) is 15.6.